The molecule has 0 spiro atoms. The predicted octanol–water partition coefficient (Wildman–Crippen LogP) is 22.5. The van der Waals surface area contributed by atoms with Crippen LogP contribution in [0.15, 0.2) is 152 Å². The Morgan fingerprint density at radius 2 is 0.791 bits per heavy atom. The molecule has 0 saturated heterocycles. The fourth-order valence-corrected chi connectivity index (χ4v) is 20.6. The Morgan fingerprint density at radius 3 is 1.15 bits per heavy atom. The first-order valence-electron chi connectivity index (χ1n) is 38.9. The van der Waals surface area contributed by atoms with Gasteiger partial charge in [0.25, 0.3) is 0 Å². The molecule has 5 nitrogen and oxygen atoms in total. The molecule has 0 aliphatic heterocycles. The summed E-state index contributed by atoms with van der Waals surface area (Å²) in [6.45, 7) is 46.6. The fourth-order valence-electron chi connectivity index (χ4n) is 12.9. The number of rotatable bonds is 16. The number of aromatic nitrogens is 5. The van der Waals surface area contributed by atoms with Crippen LogP contribution in [0.5, 0.6) is 0 Å². The van der Waals surface area contributed by atoms with Crippen LogP contribution in [0.2, 0.25) is 98.2 Å². The molecule has 110 heavy (non-hydrogen) atoms. The van der Waals surface area contributed by atoms with E-state index >= 15 is 0 Å². The quantitative estimate of drug-likeness (QED) is 0.0548. The molecule has 1 saturated carbocycles. The van der Waals surface area contributed by atoms with E-state index in [0.29, 0.717) is 45.4 Å². The smallest absolute Gasteiger partial charge is 0.0799 e. The molecule has 0 bridgehead atoms. The summed E-state index contributed by atoms with van der Waals surface area (Å²) >= 11 is 0. The third-order valence-electron chi connectivity index (χ3n) is 18.2. The van der Waals surface area contributed by atoms with Gasteiger partial charge in [-0.3, -0.25) is 22.0 Å². The van der Waals surface area contributed by atoms with Crippen molar-refractivity contribution in [2.45, 2.75) is 211 Å². The van der Waals surface area contributed by atoms with Gasteiger partial charge in [0.05, 0.1) is 40.4 Å². The Bertz CT molecular complexity index is 4580. The maximum Gasteiger partial charge on any atom is 0.0799 e. The van der Waals surface area contributed by atoms with E-state index in [-0.39, 0.29) is 140 Å². The maximum absolute atomic E-state index is 14.0. The maximum atomic E-state index is 14.0. The summed E-state index contributed by atoms with van der Waals surface area (Å²) in [5.74, 6) is -0.931. The van der Waals surface area contributed by atoms with Crippen molar-refractivity contribution in [3.63, 3.8) is 0 Å². The Morgan fingerprint density at radius 1 is 0.436 bits per heavy atom. The Labute approximate surface area is 736 Å². The Balaban J connectivity index is 0.000000479. The average molecular weight is 2470 g/mol. The van der Waals surface area contributed by atoms with Gasteiger partial charge in [-0.25, -0.2) is 0 Å². The molecule has 1 aliphatic rings. The molecule has 11 rings (SSSR count). The number of hydrogen-bond acceptors (Lipinski definition) is 5. The van der Waals surface area contributed by atoms with Crippen molar-refractivity contribution in [3.05, 3.63) is 240 Å². The van der Waals surface area contributed by atoms with Gasteiger partial charge in [0.15, 0.2) is 0 Å². The summed E-state index contributed by atoms with van der Waals surface area (Å²) < 4.78 is 100. The molecule has 1 aliphatic carbocycles. The van der Waals surface area contributed by atoms with Gasteiger partial charge < -0.3 is 24.9 Å². The zero-order chi connectivity index (χ0) is 81.0. The third-order valence-corrected chi connectivity index (χ3v) is 28.5. The SMILES string of the molecule is CC(C)(C)Cc1cc(-c2[c-]cccc2F)ncc1[Si](C)(C)C.CC(C)Cc1cc(-c2[c-]cccc2F)ncc1[Si](C)(C)C.C[Si](C)(C)c1cnc(-c2[c-]cc(F)cc2)cc1CC1CCCCC1.[2H]C(C)(C)c1cc(-c2[c-]cccc2F)ncc1[Si](C)(C)C.[2H]C([2H])([2H])c1cc(-c2[c-]cccc2F)ncc1[Si](C)(C)C.[Ir].[Ir].[Ir].[Ir].[Ir]. The van der Waals surface area contributed by atoms with Gasteiger partial charge in [-0.2, -0.15) is 0 Å². The predicted molar refractivity (Wildman–Crippen MR) is 448 cm³/mol. The van der Waals surface area contributed by atoms with Crippen molar-refractivity contribution in [2.75, 3.05) is 0 Å². The molecule has 603 valence electrons. The fraction of sp³-hybridized carbons (Fsp3) is 0.389. The molecule has 0 N–H and O–H groups in total. The summed E-state index contributed by atoms with van der Waals surface area (Å²) in [7, 11) is -7.82. The standard InChI is InChI=1S/C21H27FNSi.C19H25FNSi.C18H23FNSi.C17H21FNSi.C15H17FNSi.5Ir/c1-24(2,3)21-15-23-20(17-9-11-19(22)12-10-17)14-18(21)13-16-7-5-4-6-8-16;1-19(2,3)12-14-11-17(15-9-7-8-10-16(15)20)21-13-18(14)22(4,5)6;1-13(2)10-14-11-17(15-8-6-7-9-16(15)19)20-12-18(14)21(3,4)5;1-12(2)14-10-16(13-8-6-7-9-15(13)18)19-11-17(14)20(3,4)5;1-11-9-14(12-7-5-6-8-13(12)16)17-10-15(11)18(2,3)4;;;;;/h9,11-12,14-16H,4-8,13H2,1-3H3;7-8,10-11,13H,12H2,1-6H3;6-7,9,11-13H,10H2,1-5H3;6-7,9-12H,1-5H3;5-6,8-10H,1-4H3;;;;;/q5*-1;;;;;/i;;;12D;1D3;;;;;. The first-order chi connectivity index (χ1) is 50.5. The number of aryl methyl sites for hydroxylation is 1. The number of benzene rings is 5. The van der Waals surface area contributed by atoms with Crippen LogP contribution in [0, 0.1) is 83.5 Å². The largest absolute Gasteiger partial charge is 0.305 e. The van der Waals surface area contributed by atoms with Crippen LogP contribution in [0.1, 0.15) is 120 Å². The Kier molecular flexibility index (Phi) is 38.6. The van der Waals surface area contributed by atoms with Crippen molar-refractivity contribution in [1.82, 2.24) is 24.9 Å². The monoisotopic (exact) mass is 2470 g/mol. The summed E-state index contributed by atoms with van der Waals surface area (Å²) in [5.41, 5.74) is 11.0. The second-order valence-electron chi connectivity index (χ2n) is 34.7. The zero-order valence-corrected chi connectivity index (χ0v) is 85.0. The second kappa shape index (κ2) is 44.8. The summed E-state index contributed by atoms with van der Waals surface area (Å²) in [6.07, 6.45) is 19.4. The van der Waals surface area contributed by atoms with Crippen LogP contribution >= 0.6 is 0 Å². The Hall–Kier alpha value is -4.17. The van der Waals surface area contributed by atoms with E-state index in [1.165, 1.54) is 107 Å². The van der Waals surface area contributed by atoms with E-state index in [9.17, 15) is 22.0 Å². The summed E-state index contributed by atoms with van der Waals surface area (Å²) in [6, 6.07) is 47.8. The molecular formula is C90H113F5Ir5N5Si5-5. The van der Waals surface area contributed by atoms with Gasteiger partial charge in [-0.05, 0) is 104 Å². The first kappa shape index (κ1) is 94.7. The van der Waals surface area contributed by atoms with Crippen LogP contribution in [0.4, 0.5) is 22.0 Å². The molecule has 20 heteroatoms. The average Bonchev–Trinajstić information content (AvgIpc) is 0.719. The third kappa shape index (κ3) is 30.5. The molecule has 0 unspecified atom stereocenters. The van der Waals surface area contributed by atoms with Crippen molar-refractivity contribution in [2.24, 2.45) is 17.3 Å². The van der Waals surface area contributed by atoms with Gasteiger partial charge in [-0.1, -0.05) is 259 Å². The molecule has 5 heterocycles. The van der Waals surface area contributed by atoms with Crippen molar-refractivity contribution >= 4 is 66.3 Å². The molecule has 10 aromatic rings. The molecule has 0 atom stereocenters. The van der Waals surface area contributed by atoms with E-state index in [1.807, 2.05) is 38.5 Å². The van der Waals surface area contributed by atoms with Gasteiger partial charge in [0.2, 0.25) is 0 Å². The molecule has 0 amide bonds. The van der Waals surface area contributed by atoms with E-state index in [2.05, 4.69) is 212 Å². The molecule has 5 aromatic heterocycles. The summed E-state index contributed by atoms with van der Waals surface area (Å²) in [5, 5.41) is 6.14. The van der Waals surface area contributed by atoms with Crippen molar-refractivity contribution < 1.29 is 128 Å². The summed E-state index contributed by atoms with van der Waals surface area (Å²) in [4.78, 5) is 22.4. The number of hydrogen-bond donors (Lipinski definition) is 0. The zero-order valence-electron chi connectivity index (χ0n) is 72.0. The minimum atomic E-state index is -2.24. The molecule has 1 fully saturated rings. The van der Waals surface area contributed by atoms with Gasteiger partial charge in [0, 0.05) is 166 Å². The van der Waals surface area contributed by atoms with Crippen LogP contribution < -0.4 is 25.9 Å². The van der Waals surface area contributed by atoms with Gasteiger partial charge >= 0.3 is 0 Å². The van der Waals surface area contributed by atoms with Crippen molar-refractivity contribution in [3.8, 4) is 56.3 Å². The molecule has 5 aromatic carbocycles. The number of halogens is 5. The minimum Gasteiger partial charge on any atom is -0.305 e. The van der Waals surface area contributed by atoms with Crippen LogP contribution in [-0.4, -0.2) is 65.3 Å². The van der Waals surface area contributed by atoms with E-state index in [4.69, 9.17) is 5.48 Å². The van der Waals surface area contributed by atoms with Crippen LogP contribution in [0.3, 0.4) is 0 Å². The van der Waals surface area contributed by atoms with E-state index in [1.54, 1.807) is 60.8 Å². The first-order valence-corrected chi connectivity index (χ1v) is 54.4. The van der Waals surface area contributed by atoms with Crippen LogP contribution in [0.25, 0.3) is 56.3 Å². The second-order valence-corrected chi connectivity index (χ2v) is 59.9. The van der Waals surface area contributed by atoms with Gasteiger partial charge in [-0.15, -0.1) is 127 Å². The topological polar surface area (TPSA) is 64.5 Å². The van der Waals surface area contributed by atoms with Crippen molar-refractivity contribution in [1.29, 1.82) is 0 Å². The minimum absolute atomic E-state index is 0. The molecule has 5 radical (unpaired) electrons. The van der Waals surface area contributed by atoms with E-state index < -0.39 is 58.9 Å². The van der Waals surface area contributed by atoms with Gasteiger partial charge in [0.1, 0.15) is 0 Å². The normalized spacial score (nSPS) is 13.2. The molecular weight excluding hydrogens is 2350 g/mol. The van der Waals surface area contributed by atoms with E-state index in [0.717, 1.165) is 52.4 Å². The number of pyridine rings is 5. The van der Waals surface area contributed by atoms with Crippen LogP contribution in [-0.2, 0) is 120 Å². The number of nitrogens with zero attached hydrogens (tertiary/aromatic N) is 5.